The Balaban J connectivity index is 1.60. The maximum absolute atomic E-state index is 14.1. The average molecular weight is 720 g/mol. The van der Waals surface area contributed by atoms with Crippen molar-refractivity contribution in [3.8, 4) is 16.9 Å². The van der Waals surface area contributed by atoms with Crippen molar-refractivity contribution in [2.45, 2.75) is 45.3 Å². The molecule has 1 saturated carbocycles. The number of nitrogens with two attached hydrogens (primary N) is 1. The zero-order valence-electron chi connectivity index (χ0n) is 29.3. The van der Waals surface area contributed by atoms with Gasteiger partial charge in [-0.2, -0.15) is 0 Å². The fourth-order valence-corrected chi connectivity index (χ4v) is 9.36. The van der Waals surface area contributed by atoms with Crippen LogP contribution in [0.5, 0.6) is 5.75 Å². The summed E-state index contributed by atoms with van der Waals surface area (Å²) >= 11 is 0. The lowest BCUT2D eigenvalue weighted by molar-refractivity contribution is -0.137. The van der Waals surface area contributed by atoms with Crippen LogP contribution in [0.1, 0.15) is 55.6 Å². The second-order valence-electron chi connectivity index (χ2n) is 13.1. The van der Waals surface area contributed by atoms with Gasteiger partial charge in [0, 0.05) is 43.2 Å². The number of aromatic hydroxyl groups is 1. The van der Waals surface area contributed by atoms with E-state index in [1.54, 1.807) is 38.1 Å². The van der Waals surface area contributed by atoms with Crippen LogP contribution in [0.25, 0.3) is 16.9 Å². The van der Waals surface area contributed by atoms with Crippen LogP contribution in [-0.4, -0.2) is 66.7 Å². The van der Waals surface area contributed by atoms with Crippen molar-refractivity contribution in [1.29, 1.82) is 0 Å². The lowest BCUT2D eigenvalue weighted by Crippen LogP contribution is -2.43. The fourth-order valence-electron chi connectivity index (χ4n) is 7.43. The molecular weight excluding hydrogens is 673 g/mol. The minimum absolute atomic E-state index is 0.0319. The number of amides is 1. The number of nitrogens with one attached hydrogen (secondary N) is 1. The molecule has 4 unspecified atom stereocenters. The highest BCUT2D eigenvalue weighted by atomic mass is 31.2. The number of aliphatic hydroxyl groups is 2. The molecule has 3 aromatic carbocycles. The van der Waals surface area contributed by atoms with E-state index in [2.05, 4.69) is 5.32 Å². The first kappa shape index (κ1) is 37.8. The van der Waals surface area contributed by atoms with Gasteiger partial charge in [0.05, 0.1) is 31.1 Å². The number of ketones is 2. The number of hydrogen-bond acceptors (Lipinski definition) is 11. The normalized spacial score (nSPS) is 19.2. The van der Waals surface area contributed by atoms with Crippen LogP contribution in [0.15, 0.2) is 66.2 Å². The lowest BCUT2D eigenvalue weighted by atomic mass is 9.63. The molecular formula is C38H46N3O9P. The molecule has 4 atom stereocenters. The van der Waals surface area contributed by atoms with E-state index in [0.717, 1.165) is 5.69 Å². The Morgan fingerprint density at radius 1 is 1.04 bits per heavy atom. The fraction of sp³-hybridized carbons (Fsp3) is 0.395. The smallest absolute Gasteiger partial charge is 0.357 e. The van der Waals surface area contributed by atoms with Gasteiger partial charge in [0.25, 0.3) is 0 Å². The number of hydrogen-bond donors (Lipinski definition) is 5. The third-order valence-corrected chi connectivity index (χ3v) is 11.9. The van der Waals surface area contributed by atoms with Crippen molar-refractivity contribution in [3.05, 3.63) is 82.9 Å². The van der Waals surface area contributed by atoms with E-state index >= 15 is 0 Å². The van der Waals surface area contributed by atoms with Crippen LogP contribution >= 0.6 is 7.60 Å². The highest BCUT2D eigenvalue weighted by Gasteiger charge is 2.48. The number of para-hydroxylation sites is 1. The maximum Gasteiger partial charge on any atom is 0.357 e. The quantitative estimate of drug-likeness (QED) is 0.0919. The van der Waals surface area contributed by atoms with Crippen molar-refractivity contribution < 1.29 is 43.3 Å². The van der Waals surface area contributed by atoms with Crippen LogP contribution < -0.4 is 16.0 Å². The Morgan fingerprint density at radius 2 is 1.69 bits per heavy atom. The molecule has 1 amide bonds. The third kappa shape index (κ3) is 7.60. The SMILES string of the molecule is CCOP(=O)(OCC)C(Nc1ccccc1)c1ccc(-c2cc(N(C)C)c3c(c2O)C(O)=C2C(=O)C(C(=O)CC(N)=O)C(CCO)CC2C3)cc1. The summed E-state index contributed by atoms with van der Waals surface area (Å²) in [6, 6.07) is 18.2. The molecule has 13 heteroatoms. The Labute approximate surface area is 297 Å². The van der Waals surface area contributed by atoms with Gasteiger partial charge in [-0.3, -0.25) is 18.9 Å². The van der Waals surface area contributed by atoms with Crippen LogP contribution in [0.3, 0.4) is 0 Å². The third-order valence-electron chi connectivity index (χ3n) is 9.57. The number of phenols is 1. The molecule has 1 fully saturated rings. The number of primary amides is 1. The first-order valence-electron chi connectivity index (χ1n) is 17.1. The van der Waals surface area contributed by atoms with Crippen molar-refractivity contribution in [3.63, 3.8) is 0 Å². The summed E-state index contributed by atoms with van der Waals surface area (Å²) in [6.45, 7) is 3.58. The zero-order chi connectivity index (χ0) is 37.0. The average Bonchev–Trinajstić information content (AvgIpc) is 3.07. The summed E-state index contributed by atoms with van der Waals surface area (Å²) in [7, 11) is -0.0272. The van der Waals surface area contributed by atoms with Crippen LogP contribution in [0, 0.1) is 17.8 Å². The van der Waals surface area contributed by atoms with Gasteiger partial charge in [-0.25, -0.2) is 0 Å². The highest BCUT2D eigenvalue weighted by Crippen LogP contribution is 2.61. The second kappa shape index (κ2) is 15.8. The van der Waals surface area contributed by atoms with Gasteiger partial charge >= 0.3 is 7.60 Å². The van der Waals surface area contributed by atoms with Crippen molar-refractivity contribution in [2.24, 2.45) is 23.5 Å². The molecule has 0 saturated heterocycles. The molecule has 51 heavy (non-hydrogen) atoms. The Morgan fingerprint density at radius 3 is 2.25 bits per heavy atom. The monoisotopic (exact) mass is 719 g/mol. The van der Waals surface area contributed by atoms with Gasteiger partial charge in [0.2, 0.25) is 5.91 Å². The largest absolute Gasteiger partial charge is 0.507 e. The molecule has 3 aromatic rings. The number of Topliss-reactive ketones (excluding diaryl/α,β-unsaturated/α-hetero) is 2. The topological polar surface area (TPSA) is 189 Å². The van der Waals surface area contributed by atoms with Crippen LogP contribution in [0.2, 0.25) is 0 Å². The molecule has 272 valence electrons. The Bertz CT molecular complexity index is 1850. The highest BCUT2D eigenvalue weighted by molar-refractivity contribution is 7.54. The summed E-state index contributed by atoms with van der Waals surface area (Å²) in [5.74, 6) is -5.90. The first-order valence-corrected chi connectivity index (χ1v) is 18.7. The molecule has 0 aliphatic heterocycles. The molecule has 0 spiro atoms. The summed E-state index contributed by atoms with van der Waals surface area (Å²) < 4.78 is 25.6. The van der Waals surface area contributed by atoms with Crippen molar-refractivity contribution in [2.75, 3.05) is 44.1 Å². The van der Waals surface area contributed by atoms with E-state index in [1.165, 1.54) is 0 Å². The molecule has 12 nitrogen and oxygen atoms in total. The molecule has 2 aliphatic carbocycles. The van der Waals surface area contributed by atoms with E-state index in [-0.39, 0.29) is 43.1 Å². The minimum atomic E-state index is -3.71. The van der Waals surface area contributed by atoms with Gasteiger partial charge < -0.3 is 40.3 Å². The van der Waals surface area contributed by atoms with E-state index in [9.17, 15) is 34.3 Å². The molecule has 2 aliphatic rings. The first-order chi connectivity index (χ1) is 24.3. The van der Waals surface area contributed by atoms with Gasteiger partial charge in [-0.15, -0.1) is 0 Å². The Kier molecular flexibility index (Phi) is 11.7. The summed E-state index contributed by atoms with van der Waals surface area (Å²) in [4.78, 5) is 40.5. The van der Waals surface area contributed by atoms with Crippen molar-refractivity contribution in [1.82, 2.24) is 0 Å². The minimum Gasteiger partial charge on any atom is -0.507 e. The number of benzene rings is 3. The summed E-state index contributed by atoms with van der Waals surface area (Å²) in [5, 5.41) is 36.7. The predicted molar refractivity (Wildman–Crippen MR) is 195 cm³/mol. The lowest BCUT2D eigenvalue weighted by Gasteiger charge is -2.40. The number of carbonyl (C=O) groups is 3. The van der Waals surface area contributed by atoms with E-state index in [0.29, 0.717) is 40.8 Å². The maximum atomic E-state index is 14.1. The van der Waals surface area contributed by atoms with Gasteiger partial charge in [-0.1, -0.05) is 42.5 Å². The number of aliphatic hydroxyl groups excluding tert-OH is 2. The van der Waals surface area contributed by atoms with Crippen LogP contribution in [0.4, 0.5) is 11.4 Å². The van der Waals surface area contributed by atoms with Gasteiger partial charge in [0.15, 0.2) is 17.3 Å². The molecule has 0 radical (unpaired) electrons. The molecule has 6 N–H and O–H groups in total. The van der Waals surface area contributed by atoms with E-state index in [4.69, 9.17) is 14.8 Å². The number of phenolic OH excluding ortho intramolecular Hbond substituents is 1. The summed E-state index contributed by atoms with van der Waals surface area (Å²) in [6.07, 6.45) is 0.167. The number of fused-ring (bicyclic) bond motifs is 2. The van der Waals surface area contributed by atoms with Gasteiger partial charge in [0.1, 0.15) is 11.5 Å². The van der Waals surface area contributed by atoms with E-state index < -0.39 is 60.8 Å². The number of carbonyl (C=O) groups excluding carboxylic acids is 3. The zero-order valence-corrected chi connectivity index (χ0v) is 30.2. The standard InChI is InChI=1S/C38H46N3O9P/c1-5-49-51(48,50-6-2)38(40-26-10-8-7-9-11-26)23-14-12-22(13-15-23)27-20-29(41(3)4)28-19-25-18-24(16-17-42)32(30(43)21-31(39)44)36(46)33(25)37(47)34(28)35(27)45/h7-15,20,24-25,32,38,40,42,45,47H,5-6,16-19,21H2,1-4H3,(H2,39,44). The number of nitrogens with zero attached hydrogens (tertiary/aromatic N) is 1. The number of allylic oxidation sites excluding steroid dienone is 1. The van der Waals surface area contributed by atoms with Crippen LogP contribution in [-0.2, 0) is 34.4 Å². The Hall–Kier alpha value is -4.48. The number of anilines is 2. The molecule has 0 bridgehead atoms. The van der Waals surface area contributed by atoms with Gasteiger partial charge in [-0.05, 0) is 79.8 Å². The van der Waals surface area contributed by atoms with E-state index in [1.807, 2.05) is 55.4 Å². The van der Waals surface area contributed by atoms with Crippen molar-refractivity contribution >= 4 is 42.2 Å². The number of rotatable bonds is 15. The summed E-state index contributed by atoms with van der Waals surface area (Å²) in [5.41, 5.74) is 9.06. The second-order valence-corrected chi connectivity index (χ2v) is 15.2. The molecule has 0 aromatic heterocycles. The molecule has 0 heterocycles. The predicted octanol–water partition coefficient (Wildman–Crippen LogP) is 5.98. The molecule has 5 rings (SSSR count).